The van der Waals surface area contributed by atoms with Crippen LogP contribution in [0.4, 0.5) is 0 Å². The fourth-order valence-corrected chi connectivity index (χ4v) is 13.4. The van der Waals surface area contributed by atoms with Crippen molar-refractivity contribution in [3.8, 4) is 0 Å². The van der Waals surface area contributed by atoms with Crippen LogP contribution in [-0.2, 0) is 14.2 Å². The second-order valence-corrected chi connectivity index (χ2v) is 18.9. The summed E-state index contributed by atoms with van der Waals surface area (Å²) in [6, 6.07) is 1.30. The molecule has 5 heteroatoms. The van der Waals surface area contributed by atoms with E-state index in [-0.39, 0.29) is 12.3 Å². The van der Waals surface area contributed by atoms with Crippen LogP contribution in [0.5, 0.6) is 0 Å². The molecular formula is C47H62N2O3. The summed E-state index contributed by atoms with van der Waals surface area (Å²) in [4.78, 5) is 2.91. The molecule has 0 radical (unpaired) electrons. The fourth-order valence-electron chi connectivity index (χ4n) is 13.4. The van der Waals surface area contributed by atoms with E-state index in [1.54, 1.807) is 5.70 Å². The van der Waals surface area contributed by atoms with Crippen molar-refractivity contribution in [2.24, 2.45) is 47.3 Å². The van der Waals surface area contributed by atoms with Gasteiger partial charge in [0.05, 0.1) is 42.2 Å². The van der Waals surface area contributed by atoms with Gasteiger partial charge in [0.1, 0.15) is 12.3 Å². The van der Waals surface area contributed by atoms with Crippen molar-refractivity contribution in [2.75, 3.05) is 0 Å². The second-order valence-electron chi connectivity index (χ2n) is 18.9. The highest BCUT2D eigenvalue weighted by molar-refractivity contribution is 5.38. The van der Waals surface area contributed by atoms with Gasteiger partial charge in [-0.2, -0.15) is 0 Å². The molecule has 11 aliphatic rings. The van der Waals surface area contributed by atoms with E-state index in [1.807, 2.05) is 0 Å². The summed E-state index contributed by atoms with van der Waals surface area (Å²) in [7, 11) is 0. The van der Waals surface area contributed by atoms with Gasteiger partial charge in [0.25, 0.3) is 0 Å². The molecule has 52 heavy (non-hydrogen) atoms. The van der Waals surface area contributed by atoms with Crippen molar-refractivity contribution in [1.29, 1.82) is 0 Å². The summed E-state index contributed by atoms with van der Waals surface area (Å²) >= 11 is 0. The van der Waals surface area contributed by atoms with Gasteiger partial charge in [-0.25, -0.2) is 0 Å². The number of hydrogen-bond acceptors (Lipinski definition) is 5. The van der Waals surface area contributed by atoms with Crippen LogP contribution in [0.15, 0.2) is 83.9 Å². The van der Waals surface area contributed by atoms with Crippen LogP contribution in [0.25, 0.3) is 0 Å². The van der Waals surface area contributed by atoms with Crippen LogP contribution in [0.2, 0.25) is 0 Å². The summed E-state index contributed by atoms with van der Waals surface area (Å²) in [6.07, 6.45) is 51.0. The lowest BCUT2D eigenvalue weighted by Crippen LogP contribution is -2.39. The Labute approximate surface area is 312 Å². The second kappa shape index (κ2) is 13.7. The van der Waals surface area contributed by atoms with E-state index < -0.39 is 0 Å². The van der Waals surface area contributed by atoms with E-state index in [0.717, 1.165) is 17.8 Å². The van der Waals surface area contributed by atoms with Gasteiger partial charge in [-0.3, -0.25) is 5.32 Å². The Hall–Kier alpha value is -2.34. The van der Waals surface area contributed by atoms with Gasteiger partial charge in [-0.1, -0.05) is 80.0 Å². The van der Waals surface area contributed by atoms with Gasteiger partial charge in [-0.05, 0) is 131 Å². The van der Waals surface area contributed by atoms with Crippen LogP contribution in [-0.4, -0.2) is 53.7 Å². The number of nitrogens with zero attached hydrogens (tertiary/aromatic N) is 1. The molecule has 3 saturated heterocycles. The molecule has 1 N–H and O–H groups in total. The molecule has 14 atom stereocenters. The van der Waals surface area contributed by atoms with E-state index in [9.17, 15) is 0 Å². The van der Waals surface area contributed by atoms with Crippen LogP contribution in [0.1, 0.15) is 109 Å². The predicted molar refractivity (Wildman–Crippen MR) is 206 cm³/mol. The molecule has 0 aromatic rings. The molecule has 0 spiro atoms. The quantitative estimate of drug-likeness (QED) is 0.289. The summed E-state index contributed by atoms with van der Waals surface area (Å²) in [5.41, 5.74) is 3.12. The minimum atomic E-state index is 0.225. The molecule has 5 nitrogen and oxygen atoms in total. The van der Waals surface area contributed by atoms with Gasteiger partial charge in [-0.15, -0.1) is 0 Å². The van der Waals surface area contributed by atoms with Crippen molar-refractivity contribution in [3.05, 3.63) is 83.9 Å². The summed E-state index contributed by atoms with van der Waals surface area (Å²) in [5.74, 6) is 6.68. The first kappa shape index (κ1) is 33.0. The van der Waals surface area contributed by atoms with Crippen molar-refractivity contribution >= 4 is 0 Å². The third kappa shape index (κ3) is 5.90. The molecule has 278 valence electrons. The Kier molecular flexibility index (Phi) is 8.74. The maximum absolute atomic E-state index is 6.81. The monoisotopic (exact) mass is 702 g/mol. The van der Waals surface area contributed by atoms with Crippen LogP contribution >= 0.6 is 0 Å². The Bertz CT molecular complexity index is 1540. The molecule has 14 unspecified atom stereocenters. The van der Waals surface area contributed by atoms with E-state index >= 15 is 0 Å². The van der Waals surface area contributed by atoms with Gasteiger partial charge in [0.15, 0.2) is 0 Å². The first-order chi connectivity index (χ1) is 25.7. The van der Waals surface area contributed by atoms with Crippen LogP contribution in [0, 0.1) is 47.3 Å². The first-order valence-corrected chi connectivity index (χ1v) is 22.1. The van der Waals surface area contributed by atoms with Crippen molar-refractivity contribution in [3.63, 3.8) is 0 Å². The average Bonchev–Trinajstić information content (AvgIpc) is 4.00. The Morgan fingerprint density at radius 2 is 1.52 bits per heavy atom. The third-order valence-corrected chi connectivity index (χ3v) is 16.2. The maximum Gasteiger partial charge on any atom is 0.112 e. The molecular weight excluding hydrogens is 641 g/mol. The van der Waals surface area contributed by atoms with E-state index in [1.165, 1.54) is 120 Å². The van der Waals surface area contributed by atoms with Crippen LogP contribution in [0.3, 0.4) is 0 Å². The van der Waals surface area contributed by atoms with E-state index in [2.05, 4.69) is 77.1 Å². The molecule has 0 amide bonds. The minimum Gasteiger partial charge on any atom is -0.494 e. The van der Waals surface area contributed by atoms with Crippen molar-refractivity contribution in [1.82, 2.24) is 10.2 Å². The zero-order valence-corrected chi connectivity index (χ0v) is 31.3. The molecule has 6 fully saturated rings. The van der Waals surface area contributed by atoms with Crippen LogP contribution < -0.4 is 5.32 Å². The number of rotatable bonds is 5. The Morgan fingerprint density at radius 3 is 2.37 bits per heavy atom. The molecule has 0 bridgehead atoms. The number of nitrogens with one attached hydrogen (secondary N) is 1. The molecule has 3 saturated carbocycles. The SMILES string of the molecule is C1=CC2NC(C3CCC(C4CC=C(N5C6C=CC(C7CC8CCCCC8O7)=CC6C6CC(C7=CC8CCCCC8O7)C=CC65)CC4)CC3)OC2C=C1. The van der Waals surface area contributed by atoms with Gasteiger partial charge in [0.2, 0.25) is 0 Å². The average molecular weight is 703 g/mol. The zero-order chi connectivity index (χ0) is 34.2. The van der Waals surface area contributed by atoms with Crippen molar-refractivity contribution in [2.45, 2.75) is 158 Å². The number of fused-ring (bicyclic) bond motifs is 6. The highest BCUT2D eigenvalue weighted by Crippen LogP contribution is 2.53. The third-order valence-electron chi connectivity index (χ3n) is 16.2. The van der Waals surface area contributed by atoms with E-state index in [4.69, 9.17) is 14.2 Å². The maximum atomic E-state index is 6.81. The molecule has 11 rings (SSSR count). The molecule has 4 aliphatic heterocycles. The minimum absolute atomic E-state index is 0.225. The Morgan fingerprint density at radius 1 is 0.673 bits per heavy atom. The van der Waals surface area contributed by atoms with Gasteiger partial charge in [0, 0.05) is 23.5 Å². The fraction of sp³-hybridized carbons (Fsp3) is 0.702. The van der Waals surface area contributed by atoms with Crippen molar-refractivity contribution < 1.29 is 14.2 Å². The summed E-state index contributed by atoms with van der Waals surface area (Å²) in [6.45, 7) is 0. The Balaban J connectivity index is 0.796. The number of allylic oxidation sites excluding steroid dienone is 5. The van der Waals surface area contributed by atoms with Gasteiger partial charge >= 0.3 is 0 Å². The number of hydrogen-bond donors (Lipinski definition) is 1. The molecule has 7 aliphatic carbocycles. The highest BCUT2D eigenvalue weighted by atomic mass is 16.5. The lowest BCUT2D eigenvalue weighted by Gasteiger charge is -2.41. The normalized spacial score (nSPS) is 48.9. The molecule has 4 heterocycles. The smallest absolute Gasteiger partial charge is 0.112 e. The predicted octanol–water partition coefficient (Wildman–Crippen LogP) is 9.46. The standard InChI is InChI=1S/C47H62N2O3/c1-4-10-42-32(7-1)27-45(50-42)34-19-23-40-37(25-34)38-26-35(46-28-33-8-2-5-11-43(33)51-46)20-24-41(38)49(40)36-21-17-30(18-22-36)29-13-15-31(16-14-29)47-48-39-9-3-6-12-44(39)52-47/h3,6,9,12,19-21,23-25,28-33,35,37-45,47-48H,1-2,4-5,7-8,10-11,13-18,22,26-27H2. The topological polar surface area (TPSA) is 43.0 Å². The first-order valence-electron chi connectivity index (χ1n) is 22.1. The molecule has 0 aromatic carbocycles. The lowest BCUT2D eigenvalue weighted by atomic mass is 9.71. The number of ether oxygens (including phenoxy) is 3. The van der Waals surface area contributed by atoms with Gasteiger partial charge < -0.3 is 19.1 Å². The summed E-state index contributed by atoms with van der Waals surface area (Å²) < 4.78 is 20.0. The van der Waals surface area contributed by atoms with E-state index in [0.29, 0.717) is 66.0 Å². The lowest BCUT2D eigenvalue weighted by molar-refractivity contribution is 0.00124. The summed E-state index contributed by atoms with van der Waals surface area (Å²) in [5, 5.41) is 3.79. The molecule has 0 aromatic heterocycles. The number of likely N-dealkylation sites (tertiary alicyclic amines) is 1. The highest BCUT2D eigenvalue weighted by Gasteiger charge is 2.51. The largest absolute Gasteiger partial charge is 0.494 e. The zero-order valence-electron chi connectivity index (χ0n) is 31.3.